The van der Waals surface area contributed by atoms with E-state index in [2.05, 4.69) is 33.2 Å². The average molecular weight is 255 g/mol. The lowest BCUT2D eigenvalue weighted by Gasteiger charge is -2.02. The molecule has 0 saturated heterocycles. The van der Waals surface area contributed by atoms with Crippen LogP contribution < -0.4 is 5.32 Å². The molecule has 2 rings (SSSR count). The van der Waals surface area contributed by atoms with Crippen LogP contribution in [0, 0.1) is 11.8 Å². The fourth-order valence-corrected chi connectivity index (χ4v) is 1.59. The maximum Gasteiger partial charge on any atom is 0.228 e. The van der Waals surface area contributed by atoms with Gasteiger partial charge in [0.1, 0.15) is 5.82 Å². The molecule has 14 heavy (non-hydrogen) atoms. The minimum Gasteiger partial charge on any atom is -0.310 e. The molecule has 1 aliphatic rings. The van der Waals surface area contributed by atoms with E-state index in [0.717, 1.165) is 10.9 Å². The quantitative estimate of drug-likeness (QED) is 0.881. The molecule has 4 heteroatoms. The molecule has 0 spiro atoms. The van der Waals surface area contributed by atoms with E-state index >= 15 is 0 Å². The van der Waals surface area contributed by atoms with Crippen molar-refractivity contribution in [1.29, 1.82) is 0 Å². The summed E-state index contributed by atoms with van der Waals surface area (Å²) in [5.41, 5.74) is 0. The number of aromatic nitrogens is 1. The van der Waals surface area contributed by atoms with E-state index in [4.69, 9.17) is 0 Å². The fraction of sp³-hybridized carbons (Fsp3) is 0.400. The van der Waals surface area contributed by atoms with Gasteiger partial charge in [-0.3, -0.25) is 4.79 Å². The Morgan fingerprint density at radius 3 is 2.86 bits per heavy atom. The van der Waals surface area contributed by atoms with Crippen molar-refractivity contribution < 1.29 is 4.79 Å². The third-order valence-electron chi connectivity index (χ3n) is 2.42. The van der Waals surface area contributed by atoms with Gasteiger partial charge in [-0.05, 0) is 40.4 Å². The van der Waals surface area contributed by atoms with Crippen LogP contribution in [0.5, 0.6) is 0 Å². The highest BCUT2D eigenvalue weighted by Crippen LogP contribution is 2.38. The van der Waals surface area contributed by atoms with Crippen molar-refractivity contribution in [3.05, 3.63) is 22.8 Å². The Morgan fingerprint density at radius 2 is 2.36 bits per heavy atom. The van der Waals surface area contributed by atoms with E-state index in [-0.39, 0.29) is 11.8 Å². The van der Waals surface area contributed by atoms with Crippen LogP contribution in [0.1, 0.15) is 13.3 Å². The van der Waals surface area contributed by atoms with E-state index in [1.165, 1.54) is 0 Å². The summed E-state index contributed by atoms with van der Waals surface area (Å²) >= 11 is 3.29. The molecule has 1 aromatic heterocycles. The van der Waals surface area contributed by atoms with Gasteiger partial charge in [-0.25, -0.2) is 4.98 Å². The summed E-state index contributed by atoms with van der Waals surface area (Å²) < 4.78 is 0.912. The zero-order valence-electron chi connectivity index (χ0n) is 7.83. The molecule has 2 atom stereocenters. The van der Waals surface area contributed by atoms with E-state index in [1.54, 1.807) is 12.3 Å². The summed E-state index contributed by atoms with van der Waals surface area (Å²) in [7, 11) is 0. The Morgan fingerprint density at radius 1 is 1.64 bits per heavy atom. The molecule has 1 amide bonds. The SMILES string of the molecule is C[C@@H]1C[C@@H]1C(=O)Nc1ccc(Br)cn1. The van der Waals surface area contributed by atoms with Crippen LogP contribution in [-0.2, 0) is 4.79 Å². The van der Waals surface area contributed by atoms with Crippen molar-refractivity contribution in [3.8, 4) is 0 Å². The second kappa shape index (κ2) is 3.69. The Kier molecular flexibility index (Phi) is 2.54. The highest BCUT2D eigenvalue weighted by Gasteiger charge is 2.39. The van der Waals surface area contributed by atoms with Crippen LogP contribution in [0.4, 0.5) is 5.82 Å². The van der Waals surface area contributed by atoms with Gasteiger partial charge >= 0.3 is 0 Å². The Bertz CT molecular complexity index is 350. The maximum atomic E-state index is 11.5. The molecule has 1 aliphatic carbocycles. The number of rotatable bonds is 2. The van der Waals surface area contributed by atoms with Gasteiger partial charge in [0.15, 0.2) is 0 Å². The van der Waals surface area contributed by atoms with Gasteiger partial charge in [0.2, 0.25) is 5.91 Å². The molecule has 74 valence electrons. The molecule has 0 radical (unpaired) electrons. The number of pyridine rings is 1. The summed E-state index contributed by atoms with van der Waals surface area (Å²) in [5, 5.41) is 2.79. The number of carbonyl (C=O) groups is 1. The molecular formula is C10H11BrN2O. The highest BCUT2D eigenvalue weighted by molar-refractivity contribution is 9.10. The van der Waals surface area contributed by atoms with Crippen LogP contribution in [-0.4, -0.2) is 10.9 Å². The van der Waals surface area contributed by atoms with Gasteiger partial charge in [-0.1, -0.05) is 6.92 Å². The standard InChI is InChI=1S/C10H11BrN2O/c1-6-4-8(6)10(14)13-9-3-2-7(11)5-12-9/h2-3,5-6,8H,4H2,1H3,(H,12,13,14)/t6-,8+/m1/s1. The lowest BCUT2D eigenvalue weighted by atomic mass is 10.3. The lowest BCUT2D eigenvalue weighted by molar-refractivity contribution is -0.117. The van der Waals surface area contributed by atoms with Gasteiger partial charge in [0.05, 0.1) is 0 Å². The van der Waals surface area contributed by atoms with Crippen molar-refractivity contribution in [2.75, 3.05) is 5.32 Å². The third-order valence-corrected chi connectivity index (χ3v) is 2.89. The first-order chi connectivity index (χ1) is 6.66. The van der Waals surface area contributed by atoms with Crippen molar-refractivity contribution in [1.82, 2.24) is 4.98 Å². The molecule has 0 aliphatic heterocycles. The summed E-state index contributed by atoms with van der Waals surface area (Å²) in [6.07, 6.45) is 2.67. The zero-order valence-corrected chi connectivity index (χ0v) is 9.41. The predicted octanol–water partition coefficient (Wildman–Crippen LogP) is 2.44. The first-order valence-electron chi connectivity index (χ1n) is 4.59. The summed E-state index contributed by atoms with van der Waals surface area (Å²) in [6.45, 7) is 2.08. The Balaban J connectivity index is 1.97. The molecule has 0 bridgehead atoms. The van der Waals surface area contributed by atoms with Gasteiger partial charge < -0.3 is 5.32 Å². The van der Waals surface area contributed by atoms with Gasteiger partial charge in [-0.15, -0.1) is 0 Å². The smallest absolute Gasteiger partial charge is 0.228 e. The number of nitrogens with zero attached hydrogens (tertiary/aromatic N) is 1. The average Bonchev–Trinajstić information content (AvgIpc) is 2.87. The Labute approximate surface area is 91.0 Å². The number of halogens is 1. The van der Waals surface area contributed by atoms with Crippen molar-refractivity contribution >= 4 is 27.7 Å². The topological polar surface area (TPSA) is 42.0 Å². The zero-order chi connectivity index (χ0) is 10.1. The number of hydrogen-bond acceptors (Lipinski definition) is 2. The first-order valence-corrected chi connectivity index (χ1v) is 5.38. The second-order valence-corrected chi connectivity index (χ2v) is 4.59. The third kappa shape index (κ3) is 2.12. The van der Waals surface area contributed by atoms with Crippen LogP contribution >= 0.6 is 15.9 Å². The Hall–Kier alpha value is -0.900. The molecule has 0 aromatic carbocycles. The second-order valence-electron chi connectivity index (χ2n) is 3.67. The number of amides is 1. The van der Waals surface area contributed by atoms with Crippen molar-refractivity contribution in [2.24, 2.45) is 11.8 Å². The first kappa shape index (κ1) is 9.65. The van der Waals surface area contributed by atoms with Crippen molar-refractivity contribution in [3.63, 3.8) is 0 Å². The number of nitrogens with one attached hydrogen (secondary N) is 1. The van der Waals surface area contributed by atoms with Crippen LogP contribution in [0.3, 0.4) is 0 Å². The number of hydrogen-bond donors (Lipinski definition) is 1. The van der Waals surface area contributed by atoms with Crippen LogP contribution in [0.25, 0.3) is 0 Å². The molecule has 1 fully saturated rings. The highest BCUT2D eigenvalue weighted by atomic mass is 79.9. The predicted molar refractivity (Wildman–Crippen MR) is 57.8 cm³/mol. The summed E-state index contributed by atoms with van der Waals surface area (Å²) in [6, 6.07) is 3.65. The van der Waals surface area contributed by atoms with Gasteiger partial charge in [-0.2, -0.15) is 0 Å². The van der Waals surface area contributed by atoms with E-state index < -0.39 is 0 Å². The van der Waals surface area contributed by atoms with E-state index in [1.807, 2.05) is 6.07 Å². The number of carbonyl (C=O) groups excluding carboxylic acids is 1. The van der Waals surface area contributed by atoms with Gasteiger partial charge in [0, 0.05) is 16.6 Å². The molecule has 0 unspecified atom stereocenters. The van der Waals surface area contributed by atoms with E-state index in [9.17, 15) is 4.79 Å². The minimum atomic E-state index is 0.0901. The van der Waals surface area contributed by atoms with Crippen LogP contribution in [0.2, 0.25) is 0 Å². The maximum absolute atomic E-state index is 11.5. The van der Waals surface area contributed by atoms with Crippen molar-refractivity contribution in [2.45, 2.75) is 13.3 Å². The molecule has 1 saturated carbocycles. The lowest BCUT2D eigenvalue weighted by Crippen LogP contribution is -2.15. The minimum absolute atomic E-state index is 0.0901. The summed E-state index contributed by atoms with van der Waals surface area (Å²) in [4.78, 5) is 15.6. The molecule has 1 heterocycles. The molecule has 1 aromatic rings. The molecule has 3 nitrogen and oxygen atoms in total. The molecular weight excluding hydrogens is 244 g/mol. The van der Waals surface area contributed by atoms with Crippen LogP contribution in [0.15, 0.2) is 22.8 Å². The largest absolute Gasteiger partial charge is 0.310 e. The van der Waals surface area contributed by atoms with E-state index in [0.29, 0.717) is 11.7 Å². The monoisotopic (exact) mass is 254 g/mol. The van der Waals surface area contributed by atoms with Gasteiger partial charge in [0.25, 0.3) is 0 Å². The fourth-order valence-electron chi connectivity index (χ4n) is 1.36. The number of anilines is 1. The normalized spacial score (nSPS) is 24.4. The summed E-state index contributed by atoms with van der Waals surface area (Å²) in [5.74, 6) is 1.44. The molecule has 1 N–H and O–H groups in total.